The number of anilines is 1. The van der Waals surface area contributed by atoms with Crippen molar-refractivity contribution in [1.82, 2.24) is 15.1 Å². The number of fused-ring (bicyclic) bond motifs is 1. The van der Waals surface area contributed by atoms with Gasteiger partial charge >= 0.3 is 6.18 Å². The summed E-state index contributed by atoms with van der Waals surface area (Å²) in [6, 6.07) is 1.29. The highest BCUT2D eigenvalue weighted by molar-refractivity contribution is 7.10. The smallest absolute Gasteiger partial charge is 0.376 e. The van der Waals surface area contributed by atoms with Crippen LogP contribution in [0.3, 0.4) is 0 Å². The predicted molar refractivity (Wildman–Crippen MR) is 93.9 cm³/mol. The van der Waals surface area contributed by atoms with Crippen molar-refractivity contribution in [2.24, 2.45) is 0 Å². The first-order chi connectivity index (χ1) is 12.9. The minimum absolute atomic E-state index is 0.0462. The van der Waals surface area contributed by atoms with Gasteiger partial charge in [-0.05, 0) is 24.3 Å². The van der Waals surface area contributed by atoms with Crippen molar-refractivity contribution in [2.45, 2.75) is 43.6 Å². The third-order valence-corrected chi connectivity index (χ3v) is 5.87. The van der Waals surface area contributed by atoms with Crippen molar-refractivity contribution in [3.05, 3.63) is 34.2 Å². The van der Waals surface area contributed by atoms with Crippen molar-refractivity contribution in [1.29, 1.82) is 0 Å². The zero-order valence-electron chi connectivity index (χ0n) is 14.3. The number of nitrogens with one attached hydrogen (secondary N) is 2. The second-order valence-electron chi connectivity index (χ2n) is 6.70. The minimum Gasteiger partial charge on any atom is -0.376 e. The van der Waals surface area contributed by atoms with E-state index in [4.69, 9.17) is 4.74 Å². The zero-order chi connectivity index (χ0) is 19.0. The van der Waals surface area contributed by atoms with Crippen LogP contribution in [0.5, 0.6) is 0 Å². The quantitative estimate of drug-likeness (QED) is 0.824. The van der Waals surface area contributed by atoms with Crippen molar-refractivity contribution in [3.63, 3.8) is 0 Å². The van der Waals surface area contributed by atoms with Crippen LogP contribution < -0.4 is 10.6 Å². The van der Waals surface area contributed by atoms with E-state index in [1.165, 1.54) is 17.5 Å². The van der Waals surface area contributed by atoms with Crippen molar-refractivity contribution in [2.75, 3.05) is 18.5 Å². The number of carbonyl (C=O) groups excluding carboxylic acids is 1. The SMILES string of the molecule is O=C(NC[C@H]1CCCO1)c1cnn2c1N[C@H](c1cccs1)C[C@@H]2C(F)(F)F. The van der Waals surface area contributed by atoms with Crippen LogP contribution >= 0.6 is 11.3 Å². The van der Waals surface area contributed by atoms with Gasteiger partial charge in [0.05, 0.1) is 18.3 Å². The number of ether oxygens (including phenoxy) is 1. The molecule has 1 saturated heterocycles. The lowest BCUT2D eigenvalue weighted by atomic mass is 10.0. The average Bonchev–Trinajstić information content (AvgIpc) is 3.39. The van der Waals surface area contributed by atoms with Crippen LogP contribution in [0.4, 0.5) is 19.0 Å². The fourth-order valence-corrected chi connectivity index (χ4v) is 4.30. The highest BCUT2D eigenvalue weighted by Crippen LogP contribution is 2.44. The Labute approximate surface area is 157 Å². The molecule has 2 aliphatic rings. The van der Waals surface area contributed by atoms with E-state index in [-0.39, 0.29) is 23.9 Å². The minimum atomic E-state index is -4.45. The van der Waals surface area contributed by atoms with Gasteiger partial charge in [-0.3, -0.25) is 4.79 Å². The third-order valence-electron chi connectivity index (χ3n) is 4.88. The first kappa shape index (κ1) is 18.3. The maximum absolute atomic E-state index is 13.6. The van der Waals surface area contributed by atoms with Gasteiger partial charge < -0.3 is 15.4 Å². The first-order valence-electron chi connectivity index (χ1n) is 8.77. The molecule has 1 amide bonds. The summed E-state index contributed by atoms with van der Waals surface area (Å²) < 4.78 is 47.1. The Balaban J connectivity index is 1.59. The summed E-state index contributed by atoms with van der Waals surface area (Å²) >= 11 is 1.38. The fraction of sp³-hybridized carbons (Fsp3) is 0.529. The highest BCUT2D eigenvalue weighted by Gasteiger charge is 2.47. The van der Waals surface area contributed by atoms with Crippen LogP contribution in [-0.2, 0) is 4.74 Å². The van der Waals surface area contributed by atoms with Gasteiger partial charge in [0.1, 0.15) is 11.4 Å². The molecule has 0 radical (unpaired) electrons. The molecule has 0 saturated carbocycles. The summed E-state index contributed by atoms with van der Waals surface area (Å²) in [5.41, 5.74) is 0.114. The van der Waals surface area contributed by atoms with E-state index in [1.54, 1.807) is 12.1 Å². The molecule has 1 fully saturated rings. The fourth-order valence-electron chi connectivity index (χ4n) is 3.51. The monoisotopic (exact) mass is 400 g/mol. The Bertz CT molecular complexity index is 800. The van der Waals surface area contributed by atoms with E-state index in [0.717, 1.165) is 22.4 Å². The summed E-state index contributed by atoms with van der Waals surface area (Å²) in [6.45, 7) is 1.00. The van der Waals surface area contributed by atoms with Crippen molar-refractivity contribution < 1.29 is 22.7 Å². The number of hydrogen-bond acceptors (Lipinski definition) is 5. The Morgan fingerprint density at radius 2 is 2.33 bits per heavy atom. The molecule has 3 atom stereocenters. The molecular formula is C17H19F3N4O2S. The molecule has 2 aromatic heterocycles. The largest absolute Gasteiger partial charge is 0.410 e. The zero-order valence-corrected chi connectivity index (χ0v) is 15.1. The van der Waals surface area contributed by atoms with E-state index < -0.39 is 24.2 Å². The molecule has 2 aromatic rings. The molecule has 10 heteroatoms. The van der Waals surface area contributed by atoms with Crippen LogP contribution in [0.1, 0.15) is 46.6 Å². The Morgan fingerprint density at radius 3 is 3.00 bits per heavy atom. The van der Waals surface area contributed by atoms with Crippen molar-refractivity contribution >= 4 is 23.1 Å². The molecule has 0 spiro atoms. The van der Waals surface area contributed by atoms with Crippen molar-refractivity contribution in [3.8, 4) is 0 Å². The maximum atomic E-state index is 13.6. The van der Waals surface area contributed by atoms with Gasteiger partial charge in [-0.2, -0.15) is 18.3 Å². The van der Waals surface area contributed by atoms with E-state index >= 15 is 0 Å². The van der Waals surface area contributed by atoms with E-state index in [2.05, 4.69) is 15.7 Å². The third kappa shape index (κ3) is 3.68. The summed E-state index contributed by atoms with van der Waals surface area (Å²) in [6.07, 6.45) is -1.67. The second kappa shape index (κ2) is 7.16. The summed E-state index contributed by atoms with van der Waals surface area (Å²) in [7, 11) is 0. The summed E-state index contributed by atoms with van der Waals surface area (Å²) in [5, 5.41) is 11.5. The van der Waals surface area contributed by atoms with E-state index in [0.29, 0.717) is 13.2 Å². The molecule has 146 valence electrons. The van der Waals surface area contributed by atoms with Gasteiger partial charge in [-0.25, -0.2) is 4.68 Å². The molecule has 0 bridgehead atoms. The van der Waals surface area contributed by atoms with Gasteiger partial charge in [0.15, 0.2) is 6.04 Å². The number of thiophene rings is 1. The molecule has 4 rings (SSSR count). The Morgan fingerprint density at radius 1 is 1.48 bits per heavy atom. The van der Waals surface area contributed by atoms with Crippen LogP contribution in [0, 0.1) is 0 Å². The number of nitrogens with zero attached hydrogens (tertiary/aromatic N) is 2. The Hall–Kier alpha value is -2.07. The van der Waals surface area contributed by atoms with Gasteiger partial charge in [-0.1, -0.05) is 6.07 Å². The van der Waals surface area contributed by atoms with Crippen LogP contribution in [0.25, 0.3) is 0 Å². The topological polar surface area (TPSA) is 68.2 Å². The van der Waals surface area contributed by atoms with Crippen LogP contribution in [-0.4, -0.2) is 41.1 Å². The van der Waals surface area contributed by atoms with Gasteiger partial charge in [0, 0.05) is 24.4 Å². The Kier molecular flexibility index (Phi) is 4.85. The molecule has 2 N–H and O–H groups in total. The molecular weight excluding hydrogens is 381 g/mol. The molecule has 2 aliphatic heterocycles. The lowest BCUT2D eigenvalue weighted by Gasteiger charge is -2.33. The number of halogens is 3. The summed E-state index contributed by atoms with van der Waals surface area (Å²) in [5.74, 6) is -0.348. The van der Waals surface area contributed by atoms with Gasteiger partial charge in [0.2, 0.25) is 0 Å². The molecule has 0 unspecified atom stereocenters. The first-order valence-corrected chi connectivity index (χ1v) is 9.65. The molecule has 6 nitrogen and oxygen atoms in total. The maximum Gasteiger partial charge on any atom is 0.410 e. The van der Waals surface area contributed by atoms with Crippen LogP contribution in [0.15, 0.2) is 23.7 Å². The number of rotatable bonds is 4. The molecule has 27 heavy (non-hydrogen) atoms. The van der Waals surface area contributed by atoms with E-state index in [9.17, 15) is 18.0 Å². The number of alkyl halides is 3. The van der Waals surface area contributed by atoms with E-state index in [1.807, 2.05) is 5.38 Å². The highest BCUT2D eigenvalue weighted by atomic mass is 32.1. The normalized spacial score (nSPS) is 25.1. The molecule has 4 heterocycles. The average molecular weight is 400 g/mol. The number of amides is 1. The number of aromatic nitrogens is 2. The lowest BCUT2D eigenvalue weighted by molar-refractivity contribution is -0.173. The second-order valence-corrected chi connectivity index (χ2v) is 7.68. The molecule has 0 aromatic carbocycles. The van der Waals surface area contributed by atoms with Crippen LogP contribution in [0.2, 0.25) is 0 Å². The molecule has 0 aliphatic carbocycles. The summed E-state index contributed by atoms with van der Waals surface area (Å²) in [4.78, 5) is 13.3. The number of carbonyl (C=O) groups is 1. The van der Waals surface area contributed by atoms with Gasteiger partial charge in [-0.15, -0.1) is 11.3 Å². The standard InChI is InChI=1S/C17H19F3N4O2S/c18-17(19,20)14-7-12(13-4-2-6-27-13)23-15-11(9-22-24(14)15)16(25)21-8-10-3-1-5-26-10/h2,4,6,9-10,12,14,23H,1,3,5,7-8H2,(H,21,25)/t10-,12+,14-/m1/s1. The number of hydrogen-bond donors (Lipinski definition) is 2. The predicted octanol–water partition coefficient (Wildman–Crippen LogP) is 3.51. The van der Waals surface area contributed by atoms with Gasteiger partial charge in [0.25, 0.3) is 5.91 Å². The lowest BCUT2D eigenvalue weighted by Crippen LogP contribution is -2.37.